The first kappa shape index (κ1) is 16.8. The summed E-state index contributed by atoms with van der Waals surface area (Å²) < 4.78 is 12.4. The Morgan fingerprint density at radius 1 is 1.12 bits per heavy atom. The van der Waals surface area contributed by atoms with Crippen LogP contribution in [0.1, 0.15) is 33.2 Å². The Bertz CT molecular complexity index is 788. The number of aromatic nitrogens is 3. The van der Waals surface area contributed by atoms with Crippen molar-refractivity contribution in [2.45, 2.75) is 12.3 Å². The van der Waals surface area contributed by atoms with Crippen molar-refractivity contribution in [2.75, 3.05) is 13.2 Å². The van der Waals surface area contributed by atoms with E-state index in [1.54, 1.807) is 24.3 Å². The van der Waals surface area contributed by atoms with Gasteiger partial charge in [0.15, 0.2) is 0 Å². The summed E-state index contributed by atoms with van der Waals surface area (Å²) in [7, 11) is 0. The van der Waals surface area contributed by atoms with Crippen LogP contribution in [0.2, 0.25) is 0 Å². The number of hydrogen-bond donors (Lipinski definition) is 2. The minimum atomic E-state index is -0.401. The van der Waals surface area contributed by atoms with Crippen molar-refractivity contribution >= 4 is 5.91 Å². The maximum absolute atomic E-state index is 12.4. The van der Waals surface area contributed by atoms with E-state index >= 15 is 0 Å². The van der Waals surface area contributed by atoms with Gasteiger partial charge in [-0.2, -0.15) is 5.10 Å². The molecule has 1 amide bonds. The van der Waals surface area contributed by atoms with E-state index in [1.807, 2.05) is 30.3 Å². The highest BCUT2D eigenvalue weighted by Crippen LogP contribution is 2.20. The molecule has 0 aliphatic carbocycles. The van der Waals surface area contributed by atoms with Crippen LogP contribution >= 0.6 is 0 Å². The van der Waals surface area contributed by atoms with E-state index in [9.17, 15) is 9.18 Å². The Hall–Kier alpha value is -3.02. The molecule has 0 spiro atoms. The second-order valence-electron chi connectivity index (χ2n) is 5.68. The summed E-state index contributed by atoms with van der Waals surface area (Å²) in [6.45, 7) is -0.00818. The number of halogens is 1. The van der Waals surface area contributed by atoms with E-state index in [0.717, 1.165) is 11.1 Å². The molecule has 128 valence electrons. The third kappa shape index (κ3) is 4.29. The van der Waals surface area contributed by atoms with Crippen LogP contribution in [-0.2, 0) is 6.42 Å². The maximum atomic E-state index is 12.4. The molecule has 2 N–H and O–H groups in total. The number of benzene rings is 2. The highest BCUT2D eigenvalue weighted by Gasteiger charge is 2.18. The normalized spacial score (nSPS) is 11.9. The lowest BCUT2D eigenvalue weighted by Gasteiger charge is -2.16. The van der Waals surface area contributed by atoms with E-state index in [1.165, 1.54) is 6.33 Å². The minimum Gasteiger partial charge on any atom is -0.351 e. The Morgan fingerprint density at radius 3 is 2.52 bits per heavy atom. The van der Waals surface area contributed by atoms with E-state index in [4.69, 9.17) is 0 Å². The summed E-state index contributed by atoms with van der Waals surface area (Å²) in [6, 6.07) is 16.8. The smallest absolute Gasteiger partial charge is 0.251 e. The van der Waals surface area contributed by atoms with Crippen molar-refractivity contribution in [3.8, 4) is 0 Å². The van der Waals surface area contributed by atoms with Gasteiger partial charge in [-0.15, -0.1) is 0 Å². The van der Waals surface area contributed by atoms with Crippen LogP contribution in [0.4, 0.5) is 4.39 Å². The van der Waals surface area contributed by atoms with E-state index in [0.29, 0.717) is 24.4 Å². The molecule has 3 rings (SSSR count). The lowest BCUT2D eigenvalue weighted by molar-refractivity contribution is 0.0952. The molecule has 5 nitrogen and oxygen atoms in total. The first-order valence-electron chi connectivity index (χ1n) is 8.11. The summed E-state index contributed by atoms with van der Waals surface area (Å²) in [5.74, 6) is 0.412. The molecule has 1 unspecified atom stereocenters. The molecule has 0 saturated carbocycles. The molecule has 0 radical (unpaired) electrons. The van der Waals surface area contributed by atoms with Gasteiger partial charge in [0.1, 0.15) is 12.2 Å². The molecule has 2 aromatic carbocycles. The van der Waals surface area contributed by atoms with Crippen molar-refractivity contribution in [2.24, 2.45) is 0 Å². The molecule has 0 fully saturated rings. The maximum Gasteiger partial charge on any atom is 0.251 e. The molecule has 0 aliphatic rings. The van der Waals surface area contributed by atoms with Gasteiger partial charge in [-0.25, -0.2) is 4.98 Å². The number of amides is 1. The molecular weight excluding hydrogens is 319 g/mol. The minimum absolute atomic E-state index is 0.113. The Labute approximate surface area is 145 Å². The third-order valence-electron chi connectivity index (χ3n) is 4.03. The van der Waals surface area contributed by atoms with E-state index in [2.05, 4.69) is 20.5 Å². The number of carbonyl (C=O) groups is 1. The van der Waals surface area contributed by atoms with E-state index in [-0.39, 0.29) is 11.8 Å². The van der Waals surface area contributed by atoms with Crippen molar-refractivity contribution in [1.29, 1.82) is 0 Å². The number of aromatic amines is 1. The number of nitrogens with one attached hydrogen (secondary N) is 2. The Balaban J connectivity index is 1.69. The Kier molecular flexibility index (Phi) is 5.51. The second-order valence-corrected chi connectivity index (χ2v) is 5.68. The fourth-order valence-corrected chi connectivity index (χ4v) is 2.67. The molecule has 3 aromatic rings. The van der Waals surface area contributed by atoms with Crippen LogP contribution in [-0.4, -0.2) is 34.3 Å². The number of H-pyrrole nitrogens is 1. The van der Waals surface area contributed by atoms with Crippen molar-refractivity contribution < 1.29 is 9.18 Å². The summed E-state index contributed by atoms with van der Waals surface area (Å²) in [6.07, 6.45) is 1.82. The molecule has 1 aromatic heterocycles. The van der Waals surface area contributed by atoms with Gasteiger partial charge < -0.3 is 5.32 Å². The highest BCUT2D eigenvalue weighted by molar-refractivity contribution is 5.94. The quantitative estimate of drug-likeness (QED) is 0.696. The molecule has 0 aliphatic heterocycles. The van der Waals surface area contributed by atoms with Crippen LogP contribution < -0.4 is 5.32 Å². The van der Waals surface area contributed by atoms with Crippen LogP contribution in [0.25, 0.3) is 0 Å². The average molecular weight is 338 g/mol. The zero-order valence-corrected chi connectivity index (χ0v) is 13.7. The van der Waals surface area contributed by atoms with Gasteiger partial charge in [-0.3, -0.25) is 14.3 Å². The van der Waals surface area contributed by atoms with E-state index < -0.39 is 6.67 Å². The molecule has 0 bridgehead atoms. The zero-order chi connectivity index (χ0) is 17.5. The van der Waals surface area contributed by atoms with Crippen LogP contribution in [0.5, 0.6) is 0 Å². The van der Waals surface area contributed by atoms with Gasteiger partial charge in [0, 0.05) is 18.5 Å². The van der Waals surface area contributed by atoms with Gasteiger partial charge in [0.25, 0.3) is 5.91 Å². The second kappa shape index (κ2) is 8.19. The van der Waals surface area contributed by atoms with Crippen molar-refractivity contribution in [3.63, 3.8) is 0 Å². The SMILES string of the molecule is O=C(NCC(c1ccccc1)c1ncn[nH]1)c1ccc(CCF)cc1. The molecule has 6 heteroatoms. The first-order chi connectivity index (χ1) is 12.3. The summed E-state index contributed by atoms with van der Waals surface area (Å²) in [4.78, 5) is 16.6. The standard InChI is InChI=1S/C19H19FN4O/c20-11-10-14-6-8-16(9-7-14)19(25)21-12-17(18-22-13-23-24-18)15-4-2-1-3-5-15/h1-9,13,17H,10-12H2,(H,21,25)(H,22,23,24). The van der Waals surface area contributed by atoms with Crippen LogP contribution in [0, 0.1) is 0 Å². The molecule has 25 heavy (non-hydrogen) atoms. The molecule has 1 atom stereocenters. The highest BCUT2D eigenvalue weighted by atomic mass is 19.1. The monoisotopic (exact) mass is 338 g/mol. The van der Waals surface area contributed by atoms with Gasteiger partial charge in [-0.05, 0) is 23.3 Å². The lowest BCUT2D eigenvalue weighted by atomic mass is 9.98. The number of carbonyl (C=O) groups excluding carboxylic acids is 1. The van der Waals surface area contributed by atoms with Crippen LogP contribution in [0.15, 0.2) is 60.9 Å². The molecule has 1 heterocycles. The summed E-state index contributed by atoms with van der Waals surface area (Å²) >= 11 is 0. The first-order valence-corrected chi connectivity index (χ1v) is 8.11. The number of rotatable bonds is 7. The molecule has 0 saturated heterocycles. The number of hydrogen-bond acceptors (Lipinski definition) is 3. The van der Waals surface area contributed by atoms with Gasteiger partial charge in [0.05, 0.1) is 12.6 Å². The third-order valence-corrected chi connectivity index (χ3v) is 4.03. The van der Waals surface area contributed by atoms with Gasteiger partial charge in [-0.1, -0.05) is 42.5 Å². The lowest BCUT2D eigenvalue weighted by Crippen LogP contribution is -2.29. The predicted octanol–water partition coefficient (Wildman–Crippen LogP) is 2.88. The number of nitrogens with zero attached hydrogens (tertiary/aromatic N) is 2. The number of aryl methyl sites for hydroxylation is 1. The summed E-state index contributed by atoms with van der Waals surface area (Å²) in [5.41, 5.74) is 2.47. The molecular formula is C19H19FN4O. The topological polar surface area (TPSA) is 70.7 Å². The zero-order valence-electron chi connectivity index (χ0n) is 13.7. The predicted molar refractivity (Wildman–Crippen MR) is 93.1 cm³/mol. The van der Waals surface area contributed by atoms with Crippen molar-refractivity contribution in [1.82, 2.24) is 20.5 Å². The van der Waals surface area contributed by atoms with Gasteiger partial charge >= 0.3 is 0 Å². The average Bonchev–Trinajstić information content (AvgIpc) is 3.18. The fourth-order valence-electron chi connectivity index (χ4n) is 2.67. The van der Waals surface area contributed by atoms with Gasteiger partial charge in [0.2, 0.25) is 0 Å². The fraction of sp³-hybridized carbons (Fsp3) is 0.211. The Morgan fingerprint density at radius 2 is 1.88 bits per heavy atom. The van der Waals surface area contributed by atoms with Crippen molar-refractivity contribution in [3.05, 3.63) is 83.4 Å². The number of alkyl halides is 1. The summed E-state index contributed by atoms with van der Waals surface area (Å²) in [5, 5.41) is 9.71. The largest absolute Gasteiger partial charge is 0.351 e. The van der Waals surface area contributed by atoms with Crippen LogP contribution in [0.3, 0.4) is 0 Å².